The highest BCUT2D eigenvalue weighted by atomic mass is 32.2. The molecule has 1 N–H and O–H groups in total. The first-order valence-electron chi connectivity index (χ1n) is 15.9. The number of hydrogen-bond acceptors (Lipinski definition) is 6. The summed E-state index contributed by atoms with van der Waals surface area (Å²) in [5, 5.41) is 13.6. The molecule has 2 aromatic heterocycles. The number of nitrogens with one attached hydrogen (secondary N) is 1. The number of carbonyl (C=O) groups excluding carboxylic acids is 1. The second-order valence-electron chi connectivity index (χ2n) is 12.1. The van der Waals surface area contributed by atoms with Gasteiger partial charge in [-0.05, 0) is 120 Å². The zero-order valence-electron chi connectivity index (χ0n) is 25.0. The molecule has 2 saturated heterocycles. The highest BCUT2D eigenvalue weighted by Gasteiger charge is 2.26. The molecule has 1 saturated carbocycles. The van der Waals surface area contributed by atoms with E-state index in [4.69, 9.17) is 9.84 Å². The average Bonchev–Trinajstić information content (AvgIpc) is 3.38. The van der Waals surface area contributed by atoms with Crippen LogP contribution in [0.2, 0.25) is 0 Å². The minimum atomic E-state index is -0.415. The van der Waals surface area contributed by atoms with Gasteiger partial charge in [-0.15, -0.1) is 0 Å². The number of hydrogen-bond donors (Lipinski definition) is 1. The fourth-order valence-electron chi connectivity index (χ4n) is 6.08. The molecule has 0 bridgehead atoms. The standard InChI is InChI=1S/C34H39FN6O2S/c35-25-8-14-32(29(20-25)34(42)37-26-9-10-26)44-27-11-12-28-30(38-41(31(28)21-27)33-6-1-4-19-43-33)13-7-24-22-36-40(23-24)18-5-17-39-15-2-3-16-39/h7-8,11-14,20-23,26,33H,1-6,9-10,15-19H2,(H,37,42)/b13-7+. The predicted molar refractivity (Wildman–Crippen MR) is 171 cm³/mol. The van der Waals surface area contributed by atoms with Crippen molar-refractivity contribution in [1.82, 2.24) is 29.8 Å². The number of aromatic nitrogens is 4. The Bertz CT molecular complexity index is 1650. The van der Waals surface area contributed by atoms with Crippen LogP contribution in [0, 0.1) is 5.82 Å². The van der Waals surface area contributed by atoms with Gasteiger partial charge in [0.2, 0.25) is 0 Å². The number of benzene rings is 2. The van der Waals surface area contributed by atoms with E-state index >= 15 is 0 Å². The van der Waals surface area contributed by atoms with Crippen LogP contribution in [-0.2, 0) is 11.3 Å². The van der Waals surface area contributed by atoms with E-state index in [9.17, 15) is 9.18 Å². The minimum Gasteiger partial charge on any atom is -0.356 e. The second kappa shape index (κ2) is 13.3. The molecule has 0 radical (unpaired) electrons. The maximum Gasteiger partial charge on any atom is 0.252 e. The number of rotatable bonds is 11. The molecule has 1 atom stereocenters. The highest BCUT2D eigenvalue weighted by Crippen LogP contribution is 2.36. The zero-order valence-corrected chi connectivity index (χ0v) is 25.8. The Kier molecular flexibility index (Phi) is 8.81. The van der Waals surface area contributed by atoms with Crippen molar-refractivity contribution in [2.24, 2.45) is 0 Å². The van der Waals surface area contributed by atoms with Crippen molar-refractivity contribution < 1.29 is 13.9 Å². The van der Waals surface area contributed by atoms with Gasteiger partial charge in [-0.1, -0.05) is 11.8 Å². The molecule has 4 aromatic rings. The topological polar surface area (TPSA) is 77.2 Å². The van der Waals surface area contributed by atoms with Crippen molar-refractivity contribution in [2.45, 2.75) is 80.0 Å². The van der Waals surface area contributed by atoms with E-state index in [1.165, 1.54) is 49.8 Å². The van der Waals surface area contributed by atoms with E-state index in [1.54, 1.807) is 6.07 Å². The molecule has 44 heavy (non-hydrogen) atoms. The Morgan fingerprint density at radius 2 is 1.93 bits per heavy atom. The lowest BCUT2D eigenvalue weighted by Gasteiger charge is -2.23. The van der Waals surface area contributed by atoms with Gasteiger partial charge >= 0.3 is 0 Å². The molecule has 0 spiro atoms. The van der Waals surface area contributed by atoms with E-state index in [-0.39, 0.29) is 18.2 Å². The van der Waals surface area contributed by atoms with Crippen molar-refractivity contribution in [3.05, 3.63) is 71.4 Å². The summed E-state index contributed by atoms with van der Waals surface area (Å²) in [6.07, 6.45) is 16.8. The van der Waals surface area contributed by atoms with Gasteiger partial charge in [-0.3, -0.25) is 9.48 Å². The minimum absolute atomic E-state index is 0.127. The summed E-state index contributed by atoms with van der Waals surface area (Å²) in [7, 11) is 0. The summed E-state index contributed by atoms with van der Waals surface area (Å²) >= 11 is 1.46. The first-order valence-corrected chi connectivity index (χ1v) is 16.8. The second-order valence-corrected chi connectivity index (χ2v) is 13.2. The van der Waals surface area contributed by atoms with Crippen molar-refractivity contribution in [3.63, 3.8) is 0 Å². The number of amides is 1. The third-order valence-electron chi connectivity index (χ3n) is 8.61. The molecular weight excluding hydrogens is 575 g/mol. The molecule has 1 unspecified atom stereocenters. The van der Waals surface area contributed by atoms with Crippen LogP contribution in [0.5, 0.6) is 0 Å². The molecule has 230 valence electrons. The van der Waals surface area contributed by atoms with Crippen LogP contribution in [-0.4, -0.2) is 62.7 Å². The summed E-state index contributed by atoms with van der Waals surface area (Å²) < 4.78 is 24.3. The van der Waals surface area contributed by atoms with Gasteiger partial charge < -0.3 is 15.0 Å². The summed E-state index contributed by atoms with van der Waals surface area (Å²) in [6, 6.07) is 10.9. The van der Waals surface area contributed by atoms with Crippen LogP contribution in [0.15, 0.2) is 58.6 Å². The maximum atomic E-state index is 14.2. The zero-order chi connectivity index (χ0) is 29.9. The van der Waals surface area contributed by atoms with Gasteiger partial charge in [0.25, 0.3) is 5.91 Å². The van der Waals surface area contributed by atoms with Crippen molar-refractivity contribution in [3.8, 4) is 0 Å². The Labute approximate surface area is 261 Å². The van der Waals surface area contributed by atoms with E-state index < -0.39 is 5.82 Å². The number of ether oxygens (including phenoxy) is 1. The lowest BCUT2D eigenvalue weighted by molar-refractivity contribution is -0.0367. The van der Waals surface area contributed by atoms with E-state index in [0.717, 1.165) is 90.2 Å². The number of aryl methyl sites for hydroxylation is 1. The molecule has 2 aromatic carbocycles. The normalized spacial score (nSPS) is 19.3. The molecule has 3 aliphatic rings. The van der Waals surface area contributed by atoms with E-state index in [1.807, 2.05) is 21.6 Å². The molecule has 4 heterocycles. The highest BCUT2D eigenvalue weighted by molar-refractivity contribution is 7.99. The largest absolute Gasteiger partial charge is 0.356 e. The fraction of sp³-hybridized carbons (Fsp3) is 0.441. The van der Waals surface area contributed by atoms with Crippen LogP contribution in [0.1, 0.15) is 79.2 Å². The molecule has 8 nitrogen and oxygen atoms in total. The third-order valence-corrected chi connectivity index (χ3v) is 9.68. The number of halogens is 1. The Hall–Kier alpha value is -3.47. The monoisotopic (exact) mass is 614 g/mol. The van der Waals surface area contributed by atoms with Crippen LogP contribution >= 0.6 is 11.8 Å². The number of likely N-dealkylation sites (tertiary alicyclic amines) is 1. The summed E-state index contributed by atoms with van der Waals surface area (Å²) in [5.74, 6) is -0.638. The van der Waals surface area contributed by atoms with Crippen LogP contribution in [0.3, 0.4) is 0 Å². The average molecular weight is 615 g/mol. The van der Waals surface area contributed by atoms with Gasteiger partial charge in [-0.2, -0.15) is 10.2 Å². The van der Waals surface area contributed by atoms with Gasteiger partial charge in [0.1, 0.15) is 5.82 Å². The third kappa shape index (κ3) is 6.92. The number of nitrogens with zero attached hydrogens (tertiary/aromatic N) is 5. The smallest absolute Gasteiger partial charge is 0.252 e. The van der Waals surface area contributed by atoms with Gasteiger partial charge in [0.15, 0.2) is 6.23 Å². The maximum absolute atomic E-state index is 14.2. The van der Waals surface area contributed by atoms with Crippen molar-refractivity contribution in [1.29, 1.82) is 0 Å². The first kappa shape index (κ1) is 29.3. The summed E-state index contributed by atoms with van der Waals surface area (Å²) in [4.78, 5) is 17.1. The molecular formula is C34H39FN6O2S. The Morgan fingerprint density at radius 3 is 2.75 bits per heavy atom. The van der Waals surface area contributed by atoms with Crippen LogP contribution < -0.4 is 5.32 Å². The summed E-state index contributed by atoms with van der Waals surface area (Å²) in [6.45, 7) is 5.22. The van der Waals surface area contributed by atoms with Gasteiger partial charge in [0.05, 0.1) is 23.0 Å². The molecule has 10 heteroatoms. The van der Waals surface area contributed by atoms with Gasteiger partial charge in [-0.25, -0.2) is 9.07 Å². The molecule has 1 amide bonds. The lowest BCUT2D eigenvalue weighted by Crippen LogP contribution is -2.26. The van der Waals surface area contributed by atoms with Crippen molar-refractivity contribution in [2.75, 3.05) is 26.2 Å². The number of carbonyl (C=O) groups is 1. The van der Waals surface area contributed by atoms with Crippen LogP contribution in [0.4, 0.5) is 4.39 Å². The number of fused-ring (bicyclic) bond motifs is 1. The Morgan fingerprint density at radius 1 is 1.05 bits per heavy atom. The first-order chi connectivity index (χ1) is 21.6. The molecule has 2 aliphatic heterocycles. The quantitative estimate of drug-likeness (QED) is 0.201. The van der Waals surface area contributed by atoms with Crippen molar-refractivity contribution >= 4 is 40.7 Å². The lowest BCUT2D eigenvalue weighted by atomic mass is 10.1. The fourth-order valence-corrected chi connectivity index (χ4v) is 7.03. The molecule has 7 rings (SSSR count). The van der Waals surface area contributed by atoms with Crippen LogP contribution in [0.25, 0.3) is 23.1 Å². The SMILES string of the molecule is O=C(NC1CC1)c1cc(F)ccc1Sc1ccc2c(/C=C/c3cnn(CCCN4CCCC4)c3)nn(C3CCCCO3)c2c1. The molecule has 1 aliphatic carbocycles. The predicted octanol–water partition coefficient (Wildman–Crippen LogP) is 6.77. The van der Waals surface area contributed by atoms with E-state index in [2.05, 4.69) is 45.8 Å². The Balaban J connectivity index is 1.12. The summed E-state index contributed by atoms with van der Waals surface area (Å²) in [5.41, 5.74) is 3.26. The molecule has 3 fully saturated rings. The van der Waals surface area contributed by atoms with Gasteiger partial charge in [0, 0.05) is 46.1 Å². The van der Waals surface area contributed by atoms with E-state index in [0.29, 0.717) is 5.56 Å².